The van der Waals surface area contributed by atoms with Crippen molar-refractivity contribution in [1.29, 1.82) is 0 Å². The lowest BCUT2D eigenvalue weighted by atomic mass is 10.0. The van der Waals surface area contributed by atoms with Crippen molar-refractivity contribution in [3.63, 3.8) is 0 Å². The van der Waals surface area contributed by atoms with E-state index in [0.29, 0.717) is 5.69 Å². The summed E-state index contributed by atoms with van der Waals surface area (Å²) in [7, 11) is -3.70. The van der Waals surface area contributed by atoms with Crippen LogP contribution in [-0.2, 0) is 10.0 Å². The summed E-state index contributed by atoms with van der Waals surface area (Å²) in [5, 5.41) is 9.14. The minimum Gasteiger partial charge on any atom is -0.477 e. The van der Waals surface area contributed by atoms with E-state index >= 15 is 0 Å². The average Bonchev–Trinajstić information content (AvgIpc) is 2.64. The van der Waals surface area contributed by atoms with Crippen LogP contribution in [0.1, 0.15) is 54.9 Å². The van der Waals surface area contributed by atoms with Gasteiger partial charge in [-0.2, -0.15) is 4.31 Å². The van der Waals surface area contributed by atoms with Gasteiger partial charge in [0.15, 0.2) is 0 Å². The van der Waals surface area contributed by atoms with Crippen LogP contribution in [0, 0.1) is 13.8 Å². The highest BCUT2D eigenvalue weighted by molar-refractivity contribution is 7.89. The molecule has 0 aliphatic carbocycles. The number of H-pyrrole nitrogens is 1. The van der Waals surface area contributed by atoms with Crippen molar-refractivity contribution in [3.8, 4) is 0 Å². The third kappa shape index (κ3) is 2.60. The summed E-state index contributed by atoms with van der Waals surface area (Å²) >= 11 is 0. The molecule has 0 spiro atoms. The molecule has 2 rings (SSSR count). The molecule has 0 amide bonds. The second-order valence-corrected chi connectivity index (χ2v) is 7.63. The second-order valence-electron chi connectivity index (χ2n) is 5.85. The van der Waals surface area contributed by atoms with Gasteiger partial charge in [0, 0.05) is 23.3 Å². The normalized spacial score (nSPS) is 24.2. The lowest BCUT2D eigenvalue weighted by molar-refractivity contribution is 0.0690. The maximum Gasteiger partial charge on any atom is 0.352 e. The zero-order chi connectivity index (χ0) is 15.9. The molecule has 6 nitrogen and oxygen atoms in total. The molecule has 0 radical (unpaired) electrons. The number of nitrogens with zero attached hydrogens (tertiary/aromatic N) is 1. The Bertz CT molecular complexity index is 653. The summed E-state index contributed by atoms with van der Waals surface area (Å²) in [4.78, 5) is 14.0. The molecule has 1 saturated heterocycles. The van der Waals surface area contributed by atoms with Crippen molar-refractivity contribution >= 4 is 16.0 Å². The molecule has 1 aromatic heterocycles. The van der Waals surface area contributed by atoms with Crippen molar-refractivity contribution in [3.05, 3.63) is 17.0 Å². The standard InChI is InChI=1S/C14H22N2O4S/c1-8-6-5-7-9(2)16(8)21(19,20)13-10(3)12(14(17)18)15-11(13)4/h8-9,15H,5-7H2,1-4H3,(H,17,18)/t8-,9+. The summed E-state index contributed by atoms with van der Waals surface area (Å²) in [5.74, 6) is -1.14. The van der Waals surface area contributed by atoms with Gasteiger partial charge >= 0.3 is 5.97 Å². The number of aromatic carboxylic acids is 1. The Morgan fingerprint density at radius 1 is 1.24 bits per heavy atom. The monoisotopic (exact) mass is 314 g/mol. The van der Waals surface area contributed by atoms with Crippen LogP contribution in [0.15, 0.2) is 4.90 Å². The van der Waals surface area contributed by atoms with E-state index in [-0.39, 0.29) is 28.2 Å². The number of aromatic amines is 1. The lowest BCUT2D eigenvalue weighted by Crippen LogP contribution is -2.47. The Balaban J connectivity index is 2.56. The van der Waals surface area contributed by atoms with E-state index in [2.05, 4.69) is 4.98 Å². The molecule has 118 valence electrons. The first-order chi connectivity index (χ1) is 9.67. The molecule has 1 fully saturated rings. The summed E-state index contributed by atoms with van der Waals surface area (Å²) in [5.41, 5.74) is 0.614. The van der Waals surface area contributed by atoms with Gasteiger partial charge in [-0.15, -0.1) is 0 Å². The fourth-order valence-corrected chi connectivity index (χ4v) is 5.61. The highest BCUT2D eigenvalue weighted by Gasteiger charge is 2.38. The number of aryl methyl sites for hydroxylation is 1. The van der Waals surface area contributed by atoms with Gasteiger partial charge < -0.3 is 10.1 Å². The van der Waals surface area contributed by atoms with Crippen molar-refractivity contribution in [2.75, 3.05) is 0 Å². The average molecular weight is 314 g/mol. The van der Waals surface area contributed by atoms with Gasteiger partial charge in [0.05, 0.1) is 0 Å². The molecule has 21 heavy (non-hydrogen) atoms. The highest BCUT2D eigenvalue weighted by atomic mass is 32.2. The first-order valence-electron chi connectivity index (χ1n) is 7.14. The number of carboxylic acid groups (broad SMARTS) is 1. The van der Waals surface area contributed by atoms with E-state index in [1.54, 1.807) is 13.8 Å². The van der Waals surface area contributed by atoms with E-state index < -0.39 is 16.0 Å². The van der Waals surface area contributed by atoms with Crippen molar-refractivity contribution < 1.29 is 18.3 Å². The molecule has 7 heteroatoms. The Kier molecular flexibility index (Phi) is 4.17. The number of hydrogen-bond acceptors (Lipinski definition) is 3. The van der Waals surface area contributed by atoms with Crippen LogP contribution in [0.2, 0.25) is 0 Å². The number of sulfonamides is 1. The van der Waals surface area contributed by atoms with Crippen LogP contribution < -0.4 is 0 Å². The third-order valence-electron chi connectivity index (χ3n) is 4.23. The van der Waals surface area contributed by atoms with Gasteiger partial charge in [0.2, 0.25) is 10.0 Å². The number of nitrogens with one attached hydrogen (secondary N) is 1. The number of piperidine rings is 1. The Morgan fingerprint density at radius 3 is 2.19 bits per heavy atom. The highest BCUT2D eigenvalue weighted by Crippen LogP contribution is 2.33. The number of rotatable bonds is 3. The maximum absolute atomic E-state index is 13.0. The first kappa shape index (κ1) is 16.0. The SMILES string of the molecule is Cc1[nH]c(C(=O)O)c(C)c1S(=O)(=O)N1[C@H](C)CCC[C@@H]1C. The van der Waals surface area contributed by atoms with Crippen LogP contribution >= 0.6 is 0 Å². The maximum atomic E-state index is 13.0. The largest absolute Gasteiger partial charge is 0.477 e. The quantitative estimate of drug-likeness (QED) is 0.895. The molecule has 2 heterocycles. The Labute approximate surface area is 125 Å². The van der Waals surface area contributed by atoms with Crippen LogP contribution in [0.3, 0.4) is 0 Å². The molecule has 1 aliphatic heterocycles. The minimum atomic E-state index is -3.70. The van der Waals surface area contributed by atoms with Gasteiger partial charge in [0.25, 0.3) is 0 Å². The molecule has 0 aromatic carbocycles. The molecule has 2 atom stereocenters. The first-order valence-corrected chi connectivity index (χ1v) is 8.58. The predicted molar refractivity (Wildman–Crippen MR) is 79.0 cm³/mol. The third-order valence-corrected chi connectivity index (χ3v) is 6.63. The van der Waals surface area contributed by atoms with E-state index in [0.717, 1.165) is 19.3 Å². The minimum absolute atomic E-state index is 0.0524. The molecule has 0 saturated carbocycles. The number of carboxylic acids is 1. The summed E-state index contributed by atoms with van der Waals surface area (Å²) < 4.78 is 27.5. The second kappa shape index (κ2) is 5.46. The topological polar surface area (TPSA) is 90.5 Å². The zero-order valence-corrected chi connectivity index (χ0v) is 13.6. The van der Waals surface area contributed by atoms with E-state index in [4.69, 9.17) is 5.11 Å². The molecular formula is C14H22N2O4S. The molecule has 2 N–H and O–H groups in total. The van der Waals surface area contributed by atoms with Crippen molar-refractivity contribution in [2.24, 2.45) is 0 Å². The Morgan fingerprint density at radius 2 is 1.76 bits per heavy atom. The number of carbonyl (C=O) groups is 1. The van der Waals surface area contributed by atoms with Gasteiger partial charge in [0.1, 0.15) is 10.6 Å². The molecule has 0 unspecified atom stereocenters. The lowest BCUT2D eigenvalue weighted by Gasteiger charge is -2.37. The van der Waals surface area contributed by atoms with E-state index in [1.165, 1.54) is 4.31 Å². The number of aromatic nitrogens is 1. The van der Waals surface area contributed by atoms with Gasteiger partial charge in [-0.3, -0.25) is 0 Å². The zero-order valence-electron chi connectivity index (χ0n) is 12.8. The molecule has 0 bridgehead atoms. The fourth-order valence-electron chi connectivity index (χ4n) is 3.31. The smallest absolute Gasteiger partial charge is 0.352 e. The Hall–Kier alpha value is -1.34. The summed E-state index contributed by atoms with van der Waals surface area (Å²) in [6, 6.07) is -0.138. The van der Waals surface area contributed by atoms with Crippen LogP contribution in [0.25, 0.3) is 0 Å². The predicted octanol–water partition coefficient (Wildman–Crippen LogP) is 2.28. The summed E-state index contributed by atoms with van der Waals surface area (Å²) in [6.07, 6.45) is 2.68. The van der Waals surface area contributed by atoms with Gasteiger partial charge in [-0.25, -0.2) is 13.2 Å². The molecule has 1 aliphatic rings. The molecular weight excluding hydrogens is 292 g/mol. The van der Waals surface area contributed by atoms with E-state index in [1.807, 2.05) is 13.8 Å². The van der Waals surface area contributed by atoms with E-state index in [9.17, 15) is 13.2 Å². The van der Waals surface area contributed by atoms with Crippen LogP contribution in [0.5, 0.6) is 0 Å². The van der Waals surface area contributed by atoms with Crippen molar-refractivity contribution in [2.45, 2.75) is 63.9 Å². The van der Waals surface area contributed by atoms with Crippen LogP contribution in [0.4, 0.5) is 0 Å². The number of hydrogen-bond donors (Lipinski definition) is 2. The van der Waals surface area contributed by atoms with Crippen molar-refractivity contribution in [1.82, 2.24) is 9.29 Å². The van der Waals surface area contributed by atoms with Gasteiger partial charge in [-0.05, 0) is 40.5 Å². The molecule has 1 aromatic rings. The van der Waals surface area contributed by atoms with Crippen LogP contribution in [-0.4, -0.2) is 40.9 Å². The fraction of sp³-hybridized carbons (Fsp3) is 0.643. The van der Waals surface area contributed by atoms with Gasteiger partial charge in [-0.1, -0.05) is 6.42 Å². The summed E-state index contributed by atoms with van der Waals surface area (Å²) in [6.45, 7) is 6.95.